The van der Waals surface area contributed by atoms with E-state index in [1.807, 2.05) is 18.5 Å². The Labute approximate surface area is 109 Å². The summed E-state index contributed by atoms with van der Waals surface area (Å²) in [6.07, 6.45) is 6.41. The molecule has 2 aliphatic rings. The number of pyridine rings is 1. The van der Waals surface area contributed by atoms with Gasteiger partial charge in [0.15, 0.2) is 0 Å². The highest BCUT2D eigenvalue weighted by molar-refractivity contribution is 5.23. The van der Waals surface area contributed by atoms with Gasteiger partial charge in [-0.25, -0.2) is 0 Å². The van der Waals surface area contributed by atoms with Crippen molar-refractivity contribution in [3.63, 3.8) is 0 Å². The molecule has 1 aliphatic heterocycles. The molecular formula is C16H21NO. The number of nitrogens with zero attached hydrogens (tertiary/aromatic N) is 1. The van der Waals surface area contributed by atoms with Gasteiger partial charge in [-0.1, -0.05) is 31.6 Å². The molecule has 0 spiro atoms. The van der Waals surface area contributed by atoms with E-state index in [9.17, 15) is 0 Å². The van der Waals surface area contributed by atoms with Gasteiger partial charge in [0.2, 0.25) is 0 Å². The molecule has 0 unspecified atom stereocenters. The third-order valence-corrected chi connectivity index (χ3v) is 4.78. The van der Waals surface area contributed by atoms with Crippen LogP contribution in [0.5, 0.6) is 0 Å². The van der Waals surface area contributed by atoms with Crippen molar-refractivity contribution in [2.45, 2.75) is 26.9 Å². The Balaban J connectivity index is 1.97. The van der Waals surface area contributed by atoms with E-state index < -0.39 is 0 Å². The quantitative estimate of drug-likeness (QED) is 0.703. The number of hydrogen-bond donors (Lipinski definition) is 0. The number of ether oxygens (including phenoxy) is 1. The molecule has 2 bridgehead atoms. The topological polar surface area (TPSA) is 22.1 Å². The van der Waals surface area contributed by atoms with Crippen LogP contribution >= 0.6 is 0 Å². The van der Waals surface area contributed by atoms with Crippen molar-refractivity contribution >= 4 is 0 Å². The van der Waals surface area contributed by atoms with Crippen LogP contribution in [-0.4, -0.2) is 11.6 Å². The number of hydrogen-bond acceptors (Lipinski definition) is 2. The third kappa shape index (κ3) is 1.79. The summed E-state index contributed by atoms with van der Waals surface area (Å²) in [5.74, 6) is 2.53. The molecule has 96 valence electrons. The second-order valence-corrected chi connectivity index (χ2v) is 5.86. The molecule has 1 fully saturated rings. The highest BCUT2D eigenvalue weighted by Crippen LogP contribution is 2.49. The standard InChI is InChI=1S/C16H21NO/c1-10-7-11(2)15-12(3)14(10)9-18-16(15)13-5-4-6-17-8-13/h4-8,10,12,14-16H,9H2,1-3H3/t10-,12-,14+,15+,16+/m0/s1. The van der Waals surface area contributed by atoms with Crippen LogP contribution in [0.4, 0.5) is 0 Å². The fourth-order valence-electron chi connectivity index (χ4n) is 3.79. The average molecular weight is 243 g/mol. The molecule has 2 heteroatoms. The maximum atomic E-state index is 6.16. The summed E-state index contributed by atoms with van der Waals surface area (Å²) < 4.78 is 6.16. The van der Waals surface area contributed by atoms with E-state index in [1.54, 1.807) is 0 Å². The smallest absolute Gasteiger partial charge is 0.0907 e. The van der Waals surface area contributed by atoms with Gasteiger partial charge in [-0.05, 0) is 36.3 Å². The first-order valence-corrected chi connectivity index (χ1v) is 6.88. The molecule has 1 aliphatic carbocycles. The highest BCUT2D eigenvalue weighted by Gasteiger charge is 2.43. The van der Waals surface area contributed by atoms with Crippen molar-refractivity contribution < 1.29 is 4.74 Å². The minimum atomic E-state index is 0.189. The molecular weight excluding hydrogens is 222 g/mol. The monoisotopic (exact) mass is 243 g/mol. The molecule has 0 amide bonds. The van der Waals surface area contributed by atoms with E-state index in [-0.39, 0.29) is 6.10 Å². The molecule has 0 radical (unpaired) electrons. The lowest BCUT2D eigenvalue weighted by Crippen LogP contribution is -2.42. The molecule has 0 N–H and O–H groups in total. The van der Waals surface area contributed by atoms with E-state index in [1.165, 1.54) is 11.1 Å². The zero-order valence-corrected chi connectivity index (χ0v) is 11.3. The molecule has 2 nitrogen and oxygen atoms in total. The Morgan fingerprint density at radius 1 is 1.33 bits per heavy atom. The Hall–Kier alpha value is -1.15. The van der Waals surface area contributed by atoms with Gasteiger partial charge >= 0.3 is 0 Å². The predicted octanol–water partition coefficient (Wildman–Crippen LogP) is 3.62. The van der Waals surface area contributed by atoms with Crippen LogP contribution in [0.25, 0.3) is 0 Å². The molecule has 1 aromatic heterocycles. The van der Waals surface area contributed by atoms with Crippen LogP contribution in [0.3, 0.4) is 0 Å². The molecule has 0 saturated carbocycles. The summed E-state index contributed by atoms with van der Waals surface area (Å²) in [5.41, 5.74) is 2.70. The van der Waals surface area contributed by atoms with E-state index in [2.05, 4.69) is 37.9 Å². The molecule has 0 aromatic carbocycles. The largest absolute Gasteiger partial charge is 0.373 e. The van der Waals surface area contributed by atoms with E-state index in [0.717, 1.165) is 6.61 Å². The molecule has 3 rings (SSSR count). The fourth-order valence-corrected chi connectivity index (χ4v) is 3.79. The zero-order chi connectivity index (χ0) is 12.7. The Morgan fingerprint density at radius 2 is 2.17 bits per heavy atom. The van der Waals surface area contributed by atoms with Crippen molar-refractivity contribution in [1.82, 2.24) is 4.98 Å². The van der Waals surface area contributed by atoms with Crippen LogP contribution < -0.4 is 0 Å². The van der Waals surface area contributed by atoms with Gasteiger partial charge in [0.1, 0.15) is 0 Å². The van der Waals surface area contributed by atoms with E-state index >= 15 is 0 Å². The van der Waals surface area contributed by atoms with Gasteiger partial charge in [-0.15, -0.1) is 0 Å². The third-order valence-electron chi connectivity index (χ3n) is 4.78. The predicted molar refractivity (Wildman–Crippen MR) is 72.0 cm³/mol. The summed E-state index contributed by atoms with van der Waals surface area (Å²) in [4.78, 5) is 4.23. The maximum absolute atomic E-state index is 6.16. The summed E-state index contributed by atoms with van der Waals surface area (Å²) in [6, 6.07) is 4.13. The second-order valence-electron chi connectivity index (χ2n) is 5.86. The van der Waals surface area contributed by atoms with Crippen LogP contribution in [0, 0.1) is 23.7 Å². The normalized spacial score (nSPS) is 39.3. The van der Waals surface area contributed by atoms with Crippen molar-refractivity contribution in [2.75, 3.05) is 6.61 Å². The number of aromatic nitrogens is 1. The van der Waals surface area contributed by atoms with Crippen LogP contribution in [-0.2, 0) is 4.74 Å². The van der Waals surface area contributed by atoms with Crippen molar-refractivity contribution in [1.29, 1.82) is 0 Å². The van der Waals surface area contributed by atoms with Gasteiger partial charge < -0.3 is 4.74 Å². The van der Waals surface area contributed by atoms with Gasteiger partial charge in [-0.3, -0.25) is 4.98 Å². The molecule has 18 heavy (non-hydrogen) atoms. The first-order valence-electron chi connectivity index (χ1n) is 6.88. The van der Waals surface area contributed by atoms with Gasteiger partial charge in [0.25, 0.3) is 0 Å². The lowest BCUT2D eigenvalue weighted by atomic mass is 9.65. The first-order chi connectivity index (χ1) is 8.68. The summed E-state index contributed by atoms with van der Waals surface area (Å²) in [5, 5.41) is 0. The Bertz CT molecular complexity index is 453. The lowest BCUT2D eigenvalue weighted by molar-refractivity contribution is -0.0935. The van der Waals surface area contributed by atoms with Crippen LogP contribution in [0.2, 0.25) is 0 Å². The summed E-state index contributed by atoms with van der Waals surface area (Å²) in [6.45, 7) is 7.83. The molecule has 1 saturated heterocycles. The Kier molecular flexibility index (Phi) is 2.98. The minimum Gasteiger partial charge on any atom is -0.373 e. The van der Waals surface area contributed by atoms with Gasteiger partial charge in [0, 0.05) is 18.3 Å². The highest BCUT2D eigenvalue weighted by atomic mass is 16.5. The number of fused-ring (bicyclic) bond motifs is 2. The fraction of sp³-hybridized carbons (Fsp3) is 0.562. The summed E-state index contributed by atoms with van der Waals surface area (Å²) >= 11 is 0. The SMILES string of the molecule is CC1=C[C@H](C)[C@H]2CO[C@H](c3cccnc3)[C@H]1[C@H]2C. The second kappa shape index (κ2) is 4.51. The number of rotatable bonds is 1. The van der Waals surface area contributed by atoms with E-state index in [0.29, 0.717) is 23.7 Å². The minimum absolute atomic E-state index is 0.189. The molecule has 5 atom stereocenters. The van der Waals surface area contributed by atoms with E-state index in [4.69, 9.17) is 4.74 Å². The number of allylic oxidation sites excluding steroid dienone is 1. The average Bonchev–Trinajstić information content (AvgIpc) is 2.37. The van der Waals surface area contributed by atoms with Crippen LogP contribution in [0.15, 0.2) is 36.2 Å². The first kappa shape index (κ1) is 11.9. The van der Waals surface area contributed by atoms with Crippen molar-refractivity contribution in [2.24, 2.45) is 23.7 Å². The summed E-state index contributed by atoms with van der Waals surface area (Å²) in [7, 11) is 0. The van der Waals surface area contributed by atoms with Crippen LogP contribution in [0.1, 0.15) is 32.4 Å². The maximum Gasteiger partial charge on any atom is 0.0907 e. The lowest BCUT2D eigenvalue weighted by Gasteiger charge is -2.47. The zero-order valence-electron chi connectivity index (χ0n) is 11.3. The Morgan fingerprint density at radius 3 is 2.89 bits per heavy atom. The molecule has 1 aromatic rings. The molecule has 2 heterocycles. The van der Waals surface area contributed by atoms with Gasteiger partial charge in [-0.2, -0.15) is 0 Å². The van der Waals surface area contributed by atoms with Gasteiger partial charge in [0.05, 0.1) is 12.7 Å². The van der Waals surface area contributed by atoms with Crippen molar-refractivity contribution in [3.8, 4) is 0 Å². The van der Waals surface area contributed by atoms with Crippen molar-refractivity contribution in [3.05, 3.63) is 41.7 Å².